The van der Waals surface area contributed by atoms with Gasteiger partial charge in [0.1, 0.15) is 5.75 Å². The summed E-state index contributed by atoms with van der Waals surface area (Å²) in [5.74, 6) is 0.0170. The number of nitrogens with zero attached hydrogens (tertiary/aromatic N) is 4. The Balaban J connectivity index is 1.45. The normalized spacial score (nSPS) is 19.4. The molecule has 0 radical (unpaired) electrons. The maximum atomic E-state index is 14.5. The number of fused-ring (bicyclic) bond motifs is 5. The number of hydrogen-bond acceptors (Lipinski definition) is 7. The highest BCUT2D eigenvalue weighted by Crippen LogP contribution is 2.48. The van der Waals surface area contributed by atoms with Crippen molar-refractivity contribution in [1.29, 1.82) is 0 Å². The number of nitrogens with one attached hydrogen (secondary N) is 1. The number of benzene rings is 2. The molecular formula is C42H53N5O6S. The van der Waals surface area contributed by atoms with Crippen LogP contribution in [0.15, 0.2) is 42.6 Å². The van der Waals surface area contributed by atoms with E-state index in [0.29, 0.717) is 31.1 Å². The van der Waals surface area contributed by atoms with E-state index < -0.39 is 15.9 Å². The first-order valence-electron chi connectivity index (χ1n) is 19.4. The molecule has 2 aromatic heterocycles. The van der Waals surface area contributed by atoms with E-state index in [1.807, 2.05) is 55.5 Å². The second-order valence-corrected chi connectivity index (χ2v) is 17.8. The number of sulfonamides is 1. The Hall–Kier alpha value is -4.42. The van der Waals surface area contributed by atoms with Crippen LogP contribution in [0.5, 0.6) is 5.75 Å². The fourth-order valence-corrected chi connectivity index (χ4v) is 10.1. The summed E-state index contributed by atoms with van der Waals surface area (Å²) in [6, 6.07) is 11.7. The first kappa shape index (κ1) is 37.9. The van der Waals surface area contributed by atoms with Gasteiger partial charge in [-0.1, -0.05) is 39.2 Å². The summed E-state index contributed by atoms with van der Waals surface area (Å²) in [5.41, 5.74) is 7.61. The smallest absolute Gasteiger partial charge is 0.264 e. The zero-order valence-electron chi connectivity index (χ0n) is 32.5. The summed E-state index contributed by atoms with van der Waals surface area (Å²) in [7, 11) is -2.16. The minimum Gasteiger partial charge on any atom is -0.497 e. The van der Waals surface area contributed by atoms with Crippen LogP contribution in [0.1, 0.15) is 123 Å². The van der Waals surface area contributed by atoms with Gasteiger partial charge in [0, 0.05) is 41.2 Å². The Labute approximate surface area is 318 Å². The molecule has 4 aromatic rings. The predicted octanol–water partition coefficient (Wildman–Crippen LogP) is 7.66. The Morgan fingerprint density at radius 2 is 1.70 bits per heavy atom. The van der Waals surface area contributed by atoms with Gasteiger partial charge in [-0.25, -0.2) is 13.1 Å². The molecule has 7 rings (SSSR count). The number of ether oxygens (including phenoxy) is 2. The van der Waals surface area contributed by atoms with E-state index in [1.165, 1.54) is 12.0 Å². The average Bonchev–Trinajstić information content (AvgIpc) is 3.65. The number of carbonyl (C=O) groups excluding carboxylic acids is 2. The van der Waals surface area contributed by atoms with Crippen LogP contribution in [-0.2, 0) is 21.3 Å². The van der Waals surface area contributed by atoms with Crippen molar-refractivity contribution in [3.8, 4) is 17.0 Å². The molecule has 1 N–H and O–H groups in total. The lowest BCUT2D eigenvalue weighted by molar-refractivity contribution is -0.0586. The number of rotatable bonds is 9. The lowest BCUT2D eigenvalue weighted by Gasteiger charge is -2.35. The topological polar surface area (TPSA) is 125 Å². The number of amides is 2. The maximum Gasteiger partial charge on any atom is 0.264 e. The number of hydrogen-bond donors (Lipinski definition) is 1. The summed E-state index contributed by atoms with van der Waals surface area (Å²) in [6.45, 7) is 13.1. The molecule has 1 aliphatic carbocycles. The third-order valence-corrected chi connectivity index (χ3v) is 12.5. The van der Waals surface area contributed by atoms with Gasteiger partial charge in [-0.2, -0.15) is 5.10 Å². The van der Waals surface area contributed by atoms with E-state index in [-0.39, 0.29) is 41.4 Å². The van der Waals surface area contributed by atoms with Crippen LogP contribution in [0, 0.1) is 5.92 Å². The number of aromatic nitrogens is 3. The van der Waals surface area contributed by atoms with Crippen LogP contribution in [-0.4, -0.2) is 77.6 Å². The summed E-state index contributed by atoms with van der Waals surface area (Å²) >= 11 is 0. The van der Waals surface area contributed by atoms with E-state index in [1.54, 1.807) is 19.4 Å². The van der Waals surface area contributed by atoms with Crippen LogP contribution in [0.2, 0.25) is 0 Å². The minimum absolute atomic E-state index is 0.0419. The summed E-state index contributed by atoms with van der Waals surface area (Å²) < 4.78 is 44.0. The average molecular weight is 756 g/mol. The largest absolute Gasteiger partial charge is 0.497 e. The number of carbonyl (C=O) groups is 2. The number of morpholine rings is 1. The molecule has 288 valence electrons. The van der Waals surface area contributed by atoms with Crippen molar-refractivity contribution in [2.75, 3.05) is 26.0 Å². The summed E-state index contributed by atoms with van der Waals surface area (Å²) in [4.78, 5) is 29.9. The molecule has 12 heteroatoms. The molecule has 3 aliphatic rings. The van der Waals surface area contributed by atoms with Crippen LogP contribution >= 0.6 is 0 Å². The molecule has 2 unspecified atom stereocenters. The molecule has 2 fully saturated rings. The highest BCUT2D eigenvalue weighted by atomic mass is 32.2. The second-order valence-electron chi connectivity index (χ2n) is 16.1. The Morgan fingerprint density at radius 3 is 2.37 bits per heavy atom. The van der Waals surface area contributed by atoms with Crippen LogP contribution < -0.4 is 9.46 Å². The molecular weight excluding hydrogens is 703 g/mol. The highest BCUT2D eigenvalue weighted by Gasteiger charge is 2.34. The van der Waals surface area contributed by atoms with Gasteiger partial charge in [0.15, 0.2) is 0 Å². The molecule has 2 aliphatic heterocycles. The van der Waals surface area contributed by atoms with Crippen molar-refractivity contribution in [2.45, 2.75) is 104 Å². The zero-order valence-corrected chi connectivity index (χ0v) is 33.3. The van der Waals surface area contributed by atoms with Crippen molar-refractivity contribution in [3.05, 3.63) is 70.5 Å². The first-order chi connectivity index (χ1) is 25.7. The maximum absolute atomic E-state index is 14.5. The number of methoxy groups -OCH3 is 1. The number of allylic oxidation sites excluding steroid dienone is 1. The van der Waals surface area contributed by atoms with Gasteiger partial charge in [0.05, 0.1) is 54.8 Å². The third kappa shape index (κ3) is 7.34. The Kier molecular flexibility index (Phi) is 10.5. The van der Waals surface area contributed by atoms with Crippen LogP contribution in [0.4, 0.5) is 0 Å². The lowest BCUT2D eigenvalue weighted by atomic mass is 9.81. The molecule has 1 saturated heterocycles. The van der Waals surface area contributed by atoms with Crippen LogP contribution in [0.25, 0.3) is 33.8 Å². The Bertz CT molecular complexity index is 2220. The monoisotopic (exact) mass is 755 g/mol. The van der Waals surface area contributed by atoms with E-state index in [2.05, 4.69) is 41.3 Å². The van der Waals surface area contributed by atoms with Crippen molar-refractivity contribution in [1.82, 2.24) is 24.0 Å². The van der Waals surface area contributed by atoms with Gasteiger partial charge in [0.25, 0.3) is 11.8 Å². The molecule has 2 atom stereocenters. The van der Waals surface area contributed by atoms with Crippen molar-refractivity contribution < 1.29 is 27.5 Å². The van der Waals surface area contributed by atoms with Gasteiger partial charge >= 0.3 is 0 Å². The summed E-state index contributed by atoms with van der Waals surface area (Å²) in [5, 5.41) is 5.85. The molecule has 0 spiro atoms. The van der Waals surface area contributed by atoms with E-state index in [4.69, 9.17) is 14.6 Å². The molecule has 54 heavy (non-hydrogen) atoms. The SMILES string of the molecule is COc1ccc2c(c1)C=C(c1c(C(=O)N3CC(C)OC(C)C3)cnn1C(C)C)Cn1c-2c(C2CCCCC2)c2ccc(C(=O)NS(=O)(=O)CC(C)C)cc21. The molecule has 1 saturated carbocycles. The molecule has 0 bridgehead atoms. The molecule has 2 amide bonds. The first-order valence-corrected chi connectivity index (χ1v) is 21.0. The zero-order chi connectivity index (χ0) is 38.5. The van der Waals surface area contributed by atoms with E-state index in [9.17, 15) is 18.0 Å². The molecule has 11 nitrogen and oxygen atoms in total. The van der Waals surface area contributed by atoms with Crippen molar-refractivity contribution in [3.63, 3.8) is 0 Å². The summed E-state index contributed by atoms with van der Waals surface area (Å²) in [6.07, 6.45) is 9.29. The fraction of sp³-hybridized carbons (Fsp3) is 0.500. The predicted molar refractivity (Wildman–Crippen MR) is 212 cm³/mol. The van der Waals surface area contributed by atoms with Gasteiger partial charge in [0.2, 0.25) is 10.0 Å². The lowest BCUT2D eigenvalue weighted by Crippen LogP contribution is -2.48. The van der Waals surface area contributed by atoms with Gasteiger partial charge in [-0.15, -0.1) is 0 Å². The molecule has 4 heterocycles. The quantitative estimate of drug-likeness (QED) is 0.186. The van der Waals surface area contributed by atoms with E-state index in [0.717, 1.165) is 70.4 Å². The standard InChI is InChI=1S/C42H53N5O6S/c1-25(2)24-54(50,51)44-41(48)30-13-15-35-37(19-30)46-23-32(39-36(20-43-47(39)26(3)4)42(49)45-21-27(5)53-28(6)22-45)17-31-18-33(52-7)14-16-34(31)40(46)38(35)29-11-9-8-10-12-29/h13-20,25-29H,8-12,21-24H2,1-7H3,(H,44,48). The van der Waals surface area contributed by atoms with E-state index >= 15 is 0 Å². The van der Waals surface area contributed by atoms with Gasteiger partial charge in [-0.05, 0) is 105 Å². The third-order valence-electron chi connectivity index (χ3n) is 10.9. The minimum atomic E-state index is -3.82. The second kappa shape index (κ2) is 15.0. The van der Waals surface area contributed by atoms with Gasteiger partial charge in [-0.3, -0.25) is 14.3 Å². The van der Waals surface area contributed by atoms with Gasteiger partial charge < -0.3 is 18.9 Å². The Morgan fingerprint density at radius 1 is 0.981 bits per heavy atom. The molecule has 2 aromatic carbocycles. The fourth-order valence-electron chi connectivity index (χ4n) is 8.75. The van der Waals surface area contributed by atoms with Crippen LogP contribution in [0.3, 0.4) is 0 Å². The van der Waals surface area contributed by atoms with Crippen molar-refractivity contribution >= 4 is 44.4 Å². The highest BCUT2D eigenvalue weighted by molar-refractivity contribution is 7.90. The van der Waals surface area contributed by atoms with Crippen molar-refractivity contribution in [2.24, 2.45) is 5.92 Å².